The fourth-order valence-electron chi connectivity index (χ4n) is 2.39. The molecule has 0 amide bonds. The lowest BCUT2D eigenvalue weighted by atomic mass is 9.98. The molecule has 5 atom stereocenters. The first-order valence-corrected chi connectivity index (χ1v) is 7.49. The Bertz CT molecular complexity index is 516. The lowest BCUT2D eigenvalue weighted by molar-refractivity contribution is -0.301. The van der Waals surface area contributed by atoms with Crippen molar-refractivity contribution in [2.75, 3.05) is 13.7 Å². The summed E-state index contributed by atoms with van der Waals surface area (Å²) >= 11 is 0. The molecule has 10 nitrogen and oxygen atoms in total. The summed E-state index contributed by atoms with van der Waals surface area (Å²) in [4.78, 5) is 45.2. The molecule has 0 aromatic carbocycles. The Kier molecular flexibility index (Phi) is 7.78. The minimum atomic E-state index is -1.32. The van der Waals surface area contributed by atoms with Crippen molar-refractivity contribution < 1.29 is 47.6 Å². The monoisotopic (exact) mass is 362 g/mol. The smallest absolute Gasteiger partial charge is 0.305 e. The van der Waals surface area contributed by atoms with Crippen LogP contribution < -0.4 is 0 Å². The van der Waals surface area contributed by atoms with Crippen LogP contribution in [0.1, 0.15) is 27.7 Å². The van der Waals surface area contributed by atoms with Gasteiger partial charge in [-0.3, -0.25) is 19.2 Å². The lowest BCUT2D eigenvalue weighted by Crippen LogP contribution is -2.62. The topological polar surface area (TPSA) is 124 Å². The van der Waals surface area contributed by atoms with E-state index in [1.807, 2.05) is 0 Å². The molecule has 0 aromatic heterocycles. The predicted octanol–water partition coefficient (Wildman–Crippen LogP) is -0.284. The molecule has 1 aliphatic heterocycles. The van der Waals surface area contributed by atoms with E-state index in [4.69, 9.17) is 28.4 Å². The van der Waals surface area contributed by atoms with Gasteiger partial charge in [0.05, 0.1) is 0 Å². The maximum Gasteiger partial charge on any atom is 0.305 e. The van der Waals surface area contributed by atoms with Crippen LogP contribution in [0.15, 0.2) is 0 Å². The van der Waals surface area contributed by atoms with Gasteiger partial charge in [0.2, 0.25) is 6.29 Å². The van der Waals surface area contributed by atoms with Crippen LogP contribution >= 0.6 is 0 Å². The van der Waals surface area contributed by atoms with Crippen molar-refractivity contribution >= 4 is 23.9 Å². The van der Waals surface area contributed by atoms with Crippen molar-refractivity contribution in [1.29, 1.82) is 0 Å². The summed E-state index contributed by atoms with van der Waals surface area (Å²) < 4.78 is 31.1. The van der Waals surface area contributed by atoms with E-state index in [-0.39, 0.29) is 6.61 Å². The summed E-state index contributed by atoms with van der Waals surface area (Å²) in [5.74, 6) is -2.58. The van der Waals surface area contributed by atoms with Crippen molar-refractivity contribution in [2.24, 2.45) is 0 Å². The number of ether oxygens (including phenoxy) is 6. The van der Waals surface area contributed by atoms with Crippen molar-refractivity contribution in [3.8, 4) is 0 Å². The van der Waals surface area contributed by atoms with E-state index in [0.717, 1.165) is 13.8 Å². The second kappa shape index (κ2) is 9.33. The van der Waals surface area contributed by atoms with E-state index in [1.165, 1.54) is 21.0 Å². The first-order chi connectivity index (χ1) is 11.6. The van der Waals surface area contributed by atoms with E-state index >= 15 is 0 Å². The summed E-state index contributed by atoms with van der Waals surface area (Å²) in [6.07, 6.45) is -5.55. The molecule has 0 bridgehead atoms. The normalized spacial score (nSPS) is 28.6. The van der Waals surface area contributed by atoms with Gasteiger partial charge in [-0.15, -0.1) is 0 Å². The molecule has 10 heteroatoms. The van der Waals surface area contributed by atoms with Gasteiger partial charge in [-0.25, -0.2) is 0 Å². The zero-order valence-electron chi connectivity index (χ0n) is 14.7. The Labute approximate surface area is 144 Å². The highest BCUT2D eigenvalue weighted by atomic mass is 16.7. The molecule has 25 heavy (non-hydrogen) atoms. The van der Waals surface area contributed by atoms with E-state index < -0.39 is 54.6 Å². The quantitative estimate of drug-likeness (QED) is 0.460. The number of methoxy groups -OCH3 is 1. The van der Waals surface area contributed by atoms with Crippen LogP contribution in [0.25, 0.3) is 0 Å². The molecule has 0 saturated carbocycles. The number of esters is 4. The second-order valence-corrected chi connectivity index (χ2v) is 5.30. The average Bonchev–Trinajstić information content (AvgIpc) is 2.46. The number of hydrogen-bond donors (Lipinski definition) is 0. The number of rotatable bonds is 6. The van der Waals surface area contributed by atoms with E-state index in [1.54, 1.807) is 0 Å². The summed E-state index contributed by atoms with van der Waals surface area (Å²) in [7, 11) is 1.30. The van der Waals surface area contributed by atoms with Crippen LogP contribution in [0.3, 0.4) is 0 Å². The van der Waals surface area contributed by atoms with Gasteiger partial charge < -0.3 is 28.4 Å². The fraction of sp³-hybridized carbons (Fsp3) is 0.733. The average molecular weight is 362 g/mol. The summed E-state index contributed by atoms with van der Waals surface area (Å²) in [5, 5.41) is 0. The summed E-state index contributed by atoms with van der Waals surface area (Å²) in [6, 6.07) is 0. The fourth-order valence-corrected chi connectivity index (χ4v) is 2.39. The number of carbonyl (C=O) groups is 4. The number of hydrogen-bond acceptors (Lipinski definition) is 10. The lowest BCUT2D eigenvalue weighted by Gasteiger charge is -2.43. The molecule has 1 heterocycles. The SMILES string of the molecule is CO[C@H]1[C@H](OC(C)=O)[C@@H](OC(C)=O)O[C@H](COC(C)=O)[C@@H]1OC(C)=O. The van der Waals surface area contributed by atoms with Gasteiger partial charge in [-0.05, 0) is 0 Å². The minimum absolute atomic E-state index is 0.280. The van der Waals surface area contributed by atoms with Gasteiger partial charge in [-0.2, -0.15) is 0 Å². The van der Waals surface area contributed by atoms with Crippen LogP contribution in [0.4, 0.5) is 0 Å². The highest BCUT2D eigenvalue weighted by Crippen LogP contribution is 2.29. The largest absolute Gasteiger partial charge is 0.463 e. The molecule has 1 aliphatic rings. The minimum Gasteiger partial charge on any atom is -0.463 e. The highest BCUT2D eigenvalue weighted by molar-refractivity contribution is 5.68. The molecular weight excluding hydrogens is 340 g/mol. The molecule has 1 saturated heterocycles. The van der Waals surface area contributed by atoms with Crippen LogP contribution in [0, 0.1) is 0 Å². The van der Waals surface area contributed by atoms with Gasteiger partial charge in [0.1, 0.15) is 18.8 Å². The standard InChI is InChI=1S/C15H22O10/c1-7(16)21-6-11-12(22-8(2)17)13(20-5)14(23-9(3)18)15(25-11)24-10(4)19/h11-15H,6H2,1-5H3/t11-,12+,13-,14+,15+/m1/s1. The zero-order chi connectivity index (χ0) is 19.1. The van der Waals surface area contributed by atoms with Crippen LogP contribution in [0.5, 0.6) is 0 Å². The molecule has 0 aliphatic carbocycles. The van der Waals surface area contributed by atoms with Gasteiger partial charge in [0.25, 0.3) is 0 Å². The Morgan fingerprint density at radius 1 is 0.760 bits per heavy atom. The maximum atomic E-state index is 11.4. The van der Waals surface area contributed by atoms with Gasteiger partial charge in [-0.1, -0.05) is 0 Å². The van der Waals surface area contributed by atoms with Gasteiger partial charge in [0, 0.05) is 34.8 Å². The van der Waals surface area contributed by atoms with Gasteiger partial charge in [0.15, 0.2) is 12.2 Å². The molecule has 1 fully saturated rings. The Morgan fingerprint density at radius 2 is 1.28 bits per heavy atom. The van der Waals surface area contributed by atoms with Crippen molar-refractivity contribution in [3.05, 3.63) is 0 Å². The third-order valence-electron chi connectivity index (χ3n) is 3.20. The predicted molar refractivity (Wildman–Crippen MR) is 79.0 cm³/mol. The molecule has 0 spiro atoms. The first-order valence-electron chi connectivity index (χ1n) is 7.49. The Morgan fingerprint density at radius 3 is 1.72 bits per heavy atom. The third-order valence-corrected chi connectivity index (χ3v) is 3.20. The molecule has 0 aromatic rings. The molecular formula is C15H22O10. The van der Waals surface area contributed by atoms with E-state index in [2.05, 4.69) is 0 Å². The van der Waals surface area contributed by atoms with E-state index in [9.17, 15) is 19.2 Å². The zero-order valence-corrected chi connectivity index (χ0v) is 14.7. The Hall–Kier alpha value is -2.20. The highest BCUT2D eigenvalue weighted by Gasteiger charge is 2.52. The van der Waals surface area contributed by atoms with Crippen LogP contribution in [-0.2, 0) is 47.6 Å². The maximum absolute atomic E-state index is 11.4. The summed E-state index contributed by atoms with van der Waals surface area (Å²) in [6.45, 7) is 4.40. The Balaban J connectivity index is 3.14. The first kappa shape index (κ1) is 20.8. The van der Waals surface area contributed by atoms with Crippen LogP contribution in [-0.4, -0.2) is 68.3 Å². The van der Waals surface area contributed by atoms with E-state index in [0.29, 0.717) is 0 Å². The molecule has 1 rings (SSSR count). The van der Waals surface area contributed by atoms with Gasteiger partial charge >= 0.3 is 23.9 Å². The second-order valence-electron chi connectivity index (χ2n) is 5.30. The van der Waals surface area contributed by atoms with Crippen molar-refractivity contribution in [3.63, 3.8) is 0 Å². The molecule has 0 radical (unpaired) electrons. The summed E-state index contributed by atoms with van der Waals surface area (Å²) in [5.41, 5.74) is 0. The molecule has 0 N–H and O–H groups in total. The number of carbonyl (C=O) groups excluding carboxylic acids is 4. The third kappa shape index (κ3) is 6.31. The molecule has 142 valence electrons. The van der Waals surface area contributed by atoms with Crippen LogP contribution in [0.2, 0.25) is 0 Å². The molecule has 0 unspecified atom stereocenters. The van der Waals surface area contributed by atoms with Crippen molar-refractivity contribution in [2.45, 2.75) is 58.4 Å². The van der Waals surface area contributed by atoms with Crippen molar-refractivity contribution in [1.82, 2.24) is 0 Å².